The maximum atomic E-state index is 12.8. The summed E-state index contributed by atoms with van der Waals surface area (Å²) in [6, 6.07) is 11.9. The van der Waals surface area contributed by atoms with Crippen LogP contribution in [0.2, 0.25) is 0 Å². The fourth-order valence-corrected chi connectivity index (χ4v) is 2.14. The number of nitrogens with two attached hydrogens (primary N) is 1. The molecule has 0 radical (unpaired) electrons. The van der Waals surface area contributed by atoms with E-state index >= 15 is 0 Å². The van der Waals surface area contributed by atoms with Gasteiger partial charge in [0.1, 0.15) is 5.82 Å². The minimum atomic E-state index is -3.70. The summed E-state index contributed by atoms with van der Waals surface area (Å²) < 4.78 is 35.1. The average Bonchev–Trinajstić information content (AvgIpc) is 2.45. The molecule has 0 spiro atoms. The molecule has 2 aromatic rings. The van der Waals surface area contributed by atoms with Gasteiger partial charge in [-0.2, -0.15) is 5.10 Å². The van der Waals surface area contributed by atoms with Crippen LogP contribution in [-0.4, -0.2) is 14.1 Å². The third-order valence-corrected chi connectivity index (χ3v) is 3.73. The summed E-state index contributed by atoms with van der Waals surface area (Å²) in [4.78, 5) is 0.0345. The fraction of sp³-hybridized carbons (Fsp3) is 0.0714. The predicted octanol–water partition coefficient (Wildman–Crippen LogP) is 2.31. The van der Waals surface area contributed by atoms with Crippen molar-refractivity contribution >= 4 is 21.4 Å². The number of nitrogens with one attached hydrogen (secondary N) is 1. The van der Waals surface area contributed by atoms with Crippen molar-refractivity contribution in [3.05, 3.63) is 59.9 Å². The van der Waals surface area contributed by atoms with Gasteiger partial charge in [-0.25, -0.2) is 17.9 Å². The zero-order valence-electron chi connectivity index (χ0n) is 11.2. The highest BCUT2D eigenvalue weighted by molar-refractivity contribution is 7.89. The number of hydrogen-bond acceptors (Lipinski definition) is 4. The summed E-state index contributed by atoms with van der Waals surface area (Å²) in [6.45, 7) is 1.78. The molecule has 3 N–H and O–H groups in total. The molecular formula is C14H14FN3O2S. The van der Waals surface area contributed by atoms with Crippen molar-refractivity contribution in [3.63, 3.8) is 0 Å². The highest BCUT2D eigenvalue weighted by atomic mass is 32.2. The van der Waals surface area contributed by atoms with Gasteiger partial charge in [-0.05, 0) is 48.9 Å². The highest BCUT2D eigenvalue weighted by Gasteiger charge is 2.06. The third kappa shape index (κ3) is 4.11. The van der Waals surface area contributed by atoms with Crippen LogP contribution < -0.4 is 10.6 Å². The largest absolute Gasteiger partial charge is 0.278 e. The number of halogens is 1. The Bertz CT molecular complexity index is 754. The lowest BCUT2D eigenvalue weighted by Crippen LogP contribution is -2.11. The van der Waals surface area contributed by atoms with Crippen molar-refractivity contribution in [2.45, 2.75) is 11.8 Å². The van der Waals surface area contributed by atoms with Crippen LogP contribution in [0.15, 0.2) is 58.5 Å². The van der Waals surface area contributed by atoms with Gasteiger partial charge in [0, 0.05) is 0 Å². The van der Waals surface area contributed by atoms with E-state index in [1.807, 2.05) is 0 Å². The lowest BCUT2D eigenvalue weighted by atomic mass is 10.1. The minimum Gasteiger partial charge on any atom is -0.278 e. The van der Waals surface area contributed by atoms with Crippen molar-refractivity contribution in [2.75, 3.05) is 5.43 Å². The predicted molar refractivity (Wildman–Crippen MR) is 80.0 cm³/mol. The van der Waals surface area contributed by atoms with E-state index < -0.39 is 10.0 Å². The summed E-state index contributed by atoms with van der Waals surface area (Å²) in [5, 5.41) is 9.16. The van der Waals surface area contributed by atoms with Crippen molar-refractivity contribution in [2.24, 2.45) is 10.2 Å². The maximum Gasteiger partial charge on any atom is 0.238 e. The number of nitrogens with zero attached hydrogens (tertiary/aromatic N) is 1. The van der Waals surface area contributed by atoms with Crippen LogP contribution in [0.5, 0.6) is 0 Å². The maximum absolute atomic E-state index is 12.8. The van der Waals surface area contributed by atoms with Gasteiger partial charge < -0.3 is 0 Å². The Hall–Kier alpha value is -2.25. The van der Waals surface area contributed by atoms with Gasteiger partial charge in [-0.15, -0.1) is 0 Å². The molecule has 0 saturated carbocycles. The average molecular weight is 307 g/mol. The van der Waals surface area contributed by atoms with Gasteiger partial charge in [0.2, 0.25) is 10.0 Å². The van der Waals surface area contributed by atoms with E-state index in [2.05, 4.69) is 10.5 Å². The molecule has 110 valence electrons. The first-order valence-electron chi connectivity index (χ1n) is 6.05. The summed E-state index contributed by atoms with van der Waals surface area (Å²) in [5.74, 6) is -0.307. The number of anilines is 1. The Morgan fingerprint density at radius 3 is 2.19 bits per heavy atom. The smallest absolute Gasteiger partial charge is 0.238 e. The lowest BCUT2D eigenvalue weighted by molar-refractivity contribution is 0.598. The molecule has 5 nitrogen and oxygen atoms in total. The first-order chi connectivity index (χ1) is 9.86. The van der Waals surface area contributed by atoms with Crippen LogP contribution in [-0.2, 0) is 10.0 Å². The molecule has 0 aromatic heterocycles. The molecule has 0 amide bonds. The van der Waals surface area contributed by atoms with Crippen molar-refractivity contribution in [1.29, 1.82) is 0 Å². The van der Waals surface area contributed by atoms with Gasteiger partial charge in [-0.3, -0.25) is 5.43 Å². The SMILES string of the molecule is C/C(=N\Nc1ccc(S(N)(=O)=O)cc1)c1ccc(F)cc1. The van der Waals surface area contributed by atoms with Gasteiger partial charge in [0.05, 0.1) is 16.3 Å². The fourth-order valence-electron chi connectivity index (χ4n) is 1.62. The number of sulfonamides is 1. The second-order valence-corrected chi connectivity index (χ2v) is 5.95. The van der Waals surface area contributed by atoms with E-state index in [1.54, 1.807) is 31.2 Å². The first kappa shape index (κ1) is 15.1. The summed E-state index contributed by atoms with van der Waals surface area (Å²) >= 11 is 0. The van der Waals surface area contributed by atoms with E-state index in [9.17, 15) is 12.8 Å². The monoisotopic (exact) mass is 307 g/mol. The molecule has 0 bridgehead atoms. The third-order valence-electron chi connectivity index (χ3n) is 2.80. The van der Waals surface area contributed by atoms with Gasteiger partial charge in [0.15, 0.2) is 0 Å². The van der Waals surface area contributed by atoms with E-state index in [0.717, 1.165) is 5.56 Å². The van der Waals surface area contributed by atoms with Crippen LogP contribution in [0, 0.1) is 5.82 Å². The molecule has 0 unspecified atom stereocenters. The van der Waals surface area contributed by atoms with Crippen LogP contribution >= 0.6 is 0 Å². The van der Waals surface area contributed by atoms with E-state index in [0.29, 0.717) is 11.4 Å². The topological polar surface area (TPSA) is 84.5 Å². The minimum absolute atomic E-state index is 0.0345. The summed E-state index contributed by atoms with van der Waals surface area (Å²) in [6.07, 6.45) is 0. The normalized spacial score (nSPS) is 12.2. The van der Waals surface area contributed by atoms with Crippen molar-refractivity contribution in [1.82, 2.24) is 0 Å². The number of hydrogen-bond donors (Lipinski definition) is 2. The standard InChI is InChI=1S/C14H14FN3O2S/c1-10(11-2-4-12(15)5-3-11)17-18-13-6-8-14(9-7-13)21(16,19)20/h2-9,18H,1H3,(H2,16,19,20)/b17-10+. The molecule has 0 saturated heterocycles. The molecule has 2 rings (SSSR count). The molecule has 0 aliphatic heterocycles. The molecule has 21 heavy (non-hydrogen) atoms. The quantitative estimate of drug-likeness (QED) is 0.671. The van der Waals surface area contributed by atoms with Gasteiger partial charge in [0.25, 0.3) is 0 Å². The van der Waals surface area contributed by atoms with Crippen LogP contribution in [0.1, 0.15) is 12.5 Å². The summed E-state index contributed by atoms with van der Waals surface area (Å²) in [5.41, 5.74) is 4.86. The van der Waals surface area contributed by atoms with Gasteiger partial charge >= 0.3 is 0 Å². The Labute approximate surface area is 122 Å². The first-order valence-corrected chi connectivity index (χ1v) is 7.60. The number of rotatable bonds is 4. The van der Waals surface area contributed by atoms with Crippen molar-refractivity contribution < 1.29 is 12.8 Å². The van der Waals surface area contributed by atoms with Crippen LogP contribution in [0.3, 0.4) is 0 Å². The van der Waals surface area contributed by atoms with E-state index in [1.165, 1.54) is 24.3 Å². The molecule has 0 heterocycles. The van der Waals surface area contributed by atoms with Crippen molar-refractivity contribution in [3.8, 4) is 0 Å². The second-order valence-electron chi connectivity index (χ2n) is 4.39. The van der Waals surface area contributed by atoms with Crippen LogP contribution in [0.25, 0.3) is 0 Å². The van der Waals surface area contributed by atoms with Gasteiger partial charge in [-0.1, -0.05) is 12.1 Å². The Kier molecular flexibility index (Phi) is 4.35. The molecule has 0 atom stereocenters. The molecule has 0 fully saturated rings. The zero-order valence-corrected chi connectivity index (χ0v) is 12.1. The zero-order chi connectivity index (χ0) is 15.5. The molecule has 0 aliphatic carbocycles. The number of primary sulfonamides is 1. The van der Waals surface area contributed by atoms with Crippen LogP contribution in [0.4, 0.5) is 10.1 Å². The lowest BCUT2D eigenvalue weighted by Gasteiger charge is -2.04. The molecule has 2 aromatic carbocycles. The number of hydrazone groups is 1. The molecule has 0 aliphatic rings. The van der Waals surface area contributed by atoms with E-state index in [-0.39, 0.29) is 10.7 Å². The Balaban J connectivity index is 2.11. The number of benzene rings is 2. The Morgan fingerprint density at radius 2 is 1.67 bits per heavy atom. The summed E-state index contributed by atoms with van der Waals surface area (Å²) in [7, 11) is -3.70. The Morgan fingerprint density at radius 1 is 1.10 bits per heavy atom. The molecular weight excluding hydrogens is 293 g/mol. The van der Waals surface area contributed by atoms with E-state index in [4.69, 9.17) is 5.14 Å². The molecule has 7 heteroatoms. The second kappa shape index (κ2) is 6.02. The highest BCUT2D eigenvalue weighted by Crippen LogP contribution is 2.13.